The molecule has 0 saturated heterocycles. The van der Waals surface area contributed by atoms with E-state index in [1.807, 2.05) is 60.7 Å². The van der Waals surface area contributed by atoms with Crippen LogP contribution >= 0.6 is 0 Å². The number of nitrogens with zero attached hydrogens (tertiary/aromatic N) is 3. The molecule has 0 bridgehead atoms. The van der Waals surface area contributed by atoms with E-state index >= 15 is 0 Å². The quantitative estimate of drug-likeness (QED) is 0.201. The van der Waals surface area contributed by atoms with Crippen LogP contribution in [0.5, 0.6) is 0 Å². The smallest absolute Gasteiger partial charge is 0.330 e. The molecule has 36 heavy (non-hydrogen) atoms. The Hall–Kier alpha value is -4.83. The van der Waals surface area contributed by atoms with Crippen molar-refractivity contribution in [1.29, 1.82) is 0 Å². The number of benzene rings is 2. The Morgan fingerprint density at radius 3 is 2.31 bits per heavy atom. The van der Waals surface area contributed by atoms with Gasteiger partial charge in [0, 0.05) is 12.2 Å². The van der Waals surface area contributed by atoms with E-state index in [9.17, 15) is 14.4 Å². The molecule has 0 spiro atoms. The van der Waals surface area contributed by atoms with Crippen molar-refractivity contribution in [2.24, 2.45) is 0 Å². The minimum absolute atomic E-state index is 0.0175. The van der Waals surface area contributed by atoms with Crippen molar-refractivity contribution in [3.63, 3.8) is 0 Å². The highest BCUT2D eigenvalue weighted by Gasteiger charge is 2.11. The Morgan fingerprint density at radius 1 is 0.944 bits per heavy atom. The molecular formula is C26H23N5O5. The Balaban J connectivity index is 1.29. The van der Waals surface area contributed by atoms with Crippen LogP contribution in [0.2, 0.25) is 0 Å². The van der Waals surface area contributed by atoms with Crippen molar-refractivity contribution in [3.05, 3.63) is 101 Å². The molecular weight excluding hydrogens is 462 g/mol. The van der Waals surface area contributed by atoms with E-state index in [4.69, 9.17) is 9.47 Å². The largest absolute Gasteiger partial charge is 0.460 e. The van der Waals surface area contributed by atoms with Gasteiger partial charge >= 0.3 is 5.97 Å². The van der Waals surface area contributed by atoms with Crippen LogP contribution in [0.15, 0.2) is 83.9 Å². The number of carbonyl (C=O) groups excluding carboxylic acids is 2. The highest BCUT2D eigenvalue weighted by atomic mass is 16.6. The summed E-state index contributed by atoms with van der Waals surface area (Å²) in [4.78, 5) is 47.2. The first-order valence-corrected chi connectivity index (χ1v) is 11.1. The Labute approximate surface area is 205 Å². The highest BCUT2D eigenvalue weighted by molar-refractivity contribution is 6.01. The molecule has 0 unspecified atom stereocenters. The van der Waals surface area contributed by atoms with Crippen LogP contribution in [-0.4, -0.2) is 44.6 Å². The lowest BCUT2D eigenvalue weighted by molar-refractivity contribution is -0.139. The van der Waals surface area contributed by atoms with Gasteiger partial charge in [0.15, 0.2) is 11.2 Å². The van der Waals surface area contributed by atoms with E-state index in [0.717, 1.165) is 11.1 Å². The Kier molecular flexibility index (Phi) is 8.13. The third-order valence-electron chi connectivity index (χ3n) is 4.86. The second-order valence-electron chi connectivity index (χ2n) is 7.48. The summed E-state index contributed by atoms with van der Waals surface area (Å²) in [5.41, 5.74) is 1.60. The highest BCUT2D eigenvalue weighted by Crippen LogP contribution is 2.09. The van der Waals surface area contributed by atoms with E-state index in [1.54, 1.807) is 12.2 Å². The van der Waals surface area contributed by atoms with Crippen molar-refractivity contribution < 1.29 is 19.1 Å². The van der Waals surface area contributed by atoms with Crippen molar-refractivity contribution in [2.45, 2.75) is 6.73 Å². The molecule has 10 nitrogen and oxygen atoms in total. The third-order valence-corrected chi connectivity index (χ3v) is 4.86. The SMILES string of the molecule is O=C(/C=C/c1ccccc1)Nc1nc2c(ncn2COCCOC(=O)/C=C/c2ccccc2)c(=O)[nH]1. The predicted molar refractivity (Wildman–Crippen MR) is 135 cm³/mol. The van der Waals surface area contributed by atoms with Crippen molar-refractivity contribution in [3.8, 4) is 0 Å². The maximum atomic E-state index is 12.3. The molecule has 2 N–H and O–H groups in total. The van der Waals surface area contributed by atoms with Gasteiger partial charge in [-0.15, -0.1) is 0 Å². The Bertz CT molecular complexity index is 1440. The molecule has 2 aromatic heterocycles. The summed E-state index contributed by atoms with van der Waals surface area (Å²) in [6, 6.07) is 18.7. The van der Waals surface area contributed by atoms with Gasteiger partial charge in [-0.3, -0.25) is 24.5 Å². The van der Waals surface area contributed by atoms with Crippen LogP contribution in [0.25, 0.3) is 23.3 Å². The van der Waals surface area contributed by atoms with Crippen LogP contribution in [0, 0.1) is 0 Å². The molecule has 2 aromatic carbocycles. The summed E-state index contributed by atoms with van der Waals surface area (Å²) in [5, 5.41) is 2.54. The van der Waals surface area contributed by atoms with E-state index < -0.39 is 17.4 Å². The second-order valence-corrected chi connectivity index (χ2v) is 7.48. The molecule has 10 heteroatoms. The number of anilines is 1. The van der Waals surface area contributed by atoms with Crippen molar-refractivity contribution in [2.75, 3.05) is 18.5 Å². The zero-order valence-electron chi connectivity index (χ0n) is 19.2. The number of carbonyl (C=O) groups is 2. The molecule has 0 saturated carbocycles. The number of esters is 1. The average molecular weight is 486 g/mol. The van der Waals surface area contributed by atoms with Crippen LogP contribution in [0.3, 0.4) is 0 Å². The lowest BCUT2D eigenvalue weighted by atomic mass is 10.2. The number of fused-ring (bicyclic) bond motifs is 1. The molecule has 0 aliphatic heterocycles. The number of aromatic nitrogens is 4. The maximum Gasteiger partial charge on any atom is 0.330 e. The monoisotopic (exact) mass is 485 g/mol. The number of amides is 1. The van der Waals surface area contributed by atoms with E-state index in [-0.39, 0.29) is 37.1 Å². The number of H-pyrrole nitrogens is 1. The molecule has 0 atom stereocenters. The first kappa shape index (κ1) is 24.3. The molecule has 4 aromatic rings. The number of hydrogen-bond donors (Lipinski definition) is 2. The van der Waals surface area contributed by atoms with Crippen LogP contribution < -0.4 is 10.9 Å². The Morgan fingerprint density at radius 2 is 1.61 bits per heavy atom. The summed E-state index contributed by atoms with van der Waals surface area (Å²) in [6.07, 6.45) is 7.41. The van der Waals surface area contributed by atoms with Crippen LogP contribution in [0.1, 0.15) is 11.1 Å². The summed E-state index contributed by atoms with van der Waals surface area (Å²) < 4.78 is 12.1. The fourth-order valence-corrected chi connectivity index (χ4v) is 3.14. The molecule has 2 heterocycles. The van der Waals surface area contributed by atoms with Gasteiger partial charge in [0.25, 0.3) is 11.5 Å². The van der Waals surface area contributed by atoms with Crippen molar-refractivity contribution in [1.82, 2.24) is 19.5 Å². The van der Waals surface area contributed by atoms with Crippen LogP contribution in [0.4, 0.5) is 5.95 Å². The minimum atomic E-state index is -0.500. The molecule has 182 valence electrons. The standard InChI is InChI=1S/C26H23N5O5/c32-21(13-11-19-7-3-1-4-8-19)28-26-29-24-23(25(34)30-26)27-17-31(24)18-35-15-16-36-22(33)14-12-20-9-5-2-6-10-20/h1-14,17H,15-16,18H2,(H2,28,29,30,32,34)/b13-11+,14-12+. The van der Waals surface area contributed by atoms with Gasteiger partial charge < -0.3 is 9.47 Å². The average Bonchev–Trinajstić information content (AvgIpc) is 3.30. The molecule has 0 radical (unpaired) electrons. The van der Waals surface area contributed by atoms with E-state index in [2.05, 4.69) is 20.3 Å². The third kappa shape index (κ3) is 6.84. The number of ether oxygens (including phenoxy) is 2. The van der Waals surface area contributed by atoms with Gasteiger partial charge in [-0.1, -0.05) is 60.7 Å². The fraction of sp³-hybridized carbons (Fsp3) is 0.115. The van der Waals surface area contributed by atoms with Gasteiger partial charge in [-0.05, 0) is 23.3 Å². The molecule has 0 aliphatic rings. The van der Waals surface area contributed by atoms with Crippen molar-refractivity contribution >= 4 is 41.1 Å². The zero-order valence-corrected chi connectivity index (χ0v) is 19.2. The molecule has 1 amide bonds. The lowest BCUT2D eigenvalue weighted by Gasteiger charge is -2.07. The predicted octanol–water partition coefficient (Wildman–Crippen LogP) is 3.00. The number of aromatic amines is 1. The van der Waals surface area contributed by atoms with Gasteiger partial charge in [0.1, 0.15) is 13.3 Å². The normalized spacial score (nSPS) is 11.3. The fourth-order valence-electron chi connectivity index (χ4n) is 3.14. The molecule has 0 fully saturated rings. The topological polar surface area (TPSA) is 128 Å². The number of nitrogens with one attached hydrogen (secondary N) is 2. The number of imidazole rings is 1. The lowest BCUT2D eigenvalue weighted by Crippen LogP contribution is -2.17. The van der Waals surface area contributed by atoms with Gasteiger partial charge in [0.2, 0.25) is 5.95 Å². The summed E-state index contributed by atoms with van der Waals surface area (Å²) in [6.45, 7) is 0.195. The van der Waals surface area contributed by atoms with Crippen LogP contribution in [-0.2, 0) is 25.8 Å². The summed E-state index contributed by atoms with van der Waals surface area (Å²) >= 11 is 0. The second kappa shape index (κ2) is 12.0. The zero-order chi connectivity index (χ0) is 25.2. The molecule has 0 aliphatic carbocycles. The van der Waals surface area contributed by atoms with E-state index in [0.29, 0.717) is 0 Å². The van der Waals surface area contributed by atoms with Gasteiger partial charge in [0.05, 0.1) is 12.9 Å². The number of rotatable bonds is 10. The number of hydrogen-bond acceptors (Lipinski definition) is 7. The van der Waals surface area contributed by atoms with Gasteiger partial charge in [-0.25, -0.2) is 9.78 Å². The summed E-state index contributed by atoms with van der Waals surface area (Å²) in [5.74, 6) is -0.951. The maximum absolute atomic E-state index is 12.3. The van der Waals surface area contributed by atoms with Gasteiger partial charge in [-0.2, -0.15) is 4.98 Å². The summed E-state index contributed by atoms with van der Waals surface area (Å²) in [7, 11) is 0. The minimum Gasteiger partial charge on any atom is -0.460 e. The van der Waals surface area contributed by atoms with E-state index in [1.165, 1.54) is 23.0 Å². The first-order valence-electron chi connectivity index (χ1n) is 11.1. The first-order chi connectivity index (χ1) is 17.6. The molecule has 4 rings (SSSR count).